The van der Waals surface area contributed by atoms with Crippen LogP contribution in [0.4, 0.5) is 37.7 Å². The minimum atomic E-state index is -4.60. The van der Waals surface area contributed by atoms with Gasteiger partial charge >= 0.3 is 12.4 Å². The van der Waals surface area contributed by atoms with Crippen LogP contribution >= 0.6 is 15.9 Å². The monoisotopic (exact) mass is 730 g/mol. The predicted octanol–water partition coefficient (Wildman–Crippen LogP) is 6.14. The fourth-order valence-corrected chi connectivity index (χ4v) is 5.30. The maximum absolute atomic E-state index is 13.6. The number of morpholine rings is 2. The van der Waals surface area contributed by atoms with Gasteiger partial charge in [0.05, 0.1) is 57.4 Å². The van der Waals surface area contributed by atoms with E-state index >= 15 is 0 Å². The average molecular weight is 732 g/mol. The lowest BCUT2D eigenvalue weighted by Gasteiger charge is -2.34. The van der Waals surface area contributed by atoms with E-state index in [-0.39, 0.29) is 33.6 Å². The van der Waals surface area contributed by atoms with Crippen molar-refractivity contribution >= 4 is 33.1 Å². The molecule has 9 nitrogen and oxygen atoms in total. The first-order chi connectivity index (χ1) is 21.6. The Hall–Kier alpha value is -2.79. The minimum absolute atomic E-state index is 0.00601. The summed E-state index contributed by atoms with van der Waals surface area (Å²) in [7, 11) is 5.20. The molecule has 16 heteroatoms. The summed E-state index contributed by atoms with van der Waals surface area (Å²) in [5.41, 5.74) is -0.905. The molecule has 46 heavy (non-hydrogen) atoms. The van der Waals surface area contributed by atoms with Crippen LogP contribution < -0.4 is 19.3 Å². The molecule has 258 valence electrons. The zero-order chi connectivity index (χ0) is 34.3. The third kappa shape index (κ3) is 8.76. The molecule has 0 unspecified atom stereocenters. The molecule has 0 atom stereocenters. The maximum Gasteiger partial charge on any atom is 0.420 e. The van der Waals surface area contributed by atoms with E-state index in [1.165, 1.54) is 34.5 Å². The number of benzene rings is 2. The molecule has 2 fully saturated rings. The number of hydrogen-bond acceptors (Lipinski definition) is 9. The number of anilines is 2. The number of carbonyl (C=O) groups is 1. The van der Waals surface area contributed by atoms with E-state index in [9.17, 15) is 31.1 Å². The second-order valence-electron chi connectivity index (χ2n) is 10.3. The normalized spacial score (nSPS) is 16.1. The molecule has 2 aromatic rings. The van der Waals surface area contributed by atoms with Crippen molar-refractivity contribution in [2.24, 2.45) is 0 Å². The highest BCUT2D eigenvalue weighted by atomic mass is 79.9. The summed E-state index contributed by atoms with van der Waals surface area (Å²) in [5, 5.41) is -0.0425. The standard InChI is InChI=1S/C16H22F3NO4.C14H15BrF3NO3/c1-15(22-3,23-4)11-9-12(16(17,18)19)14(21-2)13(10-11)20-5-7-24-8-6-20;1-21-13-10(14(16,17)18)6-9(12(20)8-15)7-11(13)19-2-4-22-5-3-19/h9-10H,5-8H2,1-4H3;6-7H,2-5,8H2,1H3. The number of halogens is 7. The summed E-state index contributed by atoms with van der Waals surface area (Å²) < 4.78 is 112. The van der Waals surface area contributed by atoms with E-state index in [1.54, 1.807) is 17.9 Å². The van der Waals surface area contributed by atoms with Gasteiger partial charge in [0.15, 0.2) is 23.1 Å². The molecule has 0 bridgehead atoms. The summed E-state index contributed by atoms with van der Waals surface area (Å²) in [4.78, 5) is 15.4. The first kappa shape index (κ1) is 37.7. The van der Waals surface area contributed by atoms with Crippen molar-refractivity contribution in [2.45, 2.75) is 25.1 Å². The number of hydrogen-bond donors (Lipinski definition) is 0. The SMILES string of the molecule is COc1c(N2CCOCC2)cc(C(=O)CBr)cc1C(F)(F)F.COc1c(N2CCOCC2)cc(C(C)(OC)OC)cc1C(F)(F)F. The zero-order valence-electron chi connectivity index (χ0n) is 26.1. The van der Waals surface area contributed by atoms with Crippen molar-refractivity contribution in [3.63, 3.8) is 0 Å². The van der Waals surface area contributed by atoms with Crippen molar-refractivity contribution in [1.29, 1.82) is 0 Å². The largest absolute Gasteiger partial charge is 0.494 e. The fourth-order valence-electron chi connectivity index (χ4n) is 4.97. The molecule has 2 aromatic carbocycles. The number of ether oxygens (including phenoxy) is 6. The van der Waals surface area contributed by atoms with Gasteiger partial charge in [-0.25, -0.2) is 0 Å². The third-order valence-corrected chi connectivity index (χ3v) is 8.12. The van der Waals surface area contributed by atoms with Crippen LogP contribution in [-0.4, -0.2) is 92.2 Å². The van der Waals surface area contributed by atoms with E-state index in [0.717, 1.165) is 12.1 Å². The molecule has 2 aliphatic rings. The molecule has 0 saturated carbocycles. The Bertz CT molecular complexity index is 1330. The zero-order valence-corrected chi connectivity index (χ0v) is 27.7. The second-order valence-corrected chi connectivity index (χ2v) is 10.8. The first-order valence-corrected chi connectivity index (χ1v) is 15.2. The highest BCUT2D eigenvalue weighted by Crippen LogP contribution is 2.46. The van der Waals surface area contributed by atoms with Crippen LogP contribution in [0.1, 0.15) is 34.0 Å². The summed E-state index contributed by atoms with van der Waals surface area (Å²) in [5.74, 6) is -2.18. The van der Waals surface area contributed by atoms with Gasteiger partial charge in [-0.3, -0.25) is 4.79 Å². The minimum Gasteiger partial charge on any atom is -0.494 e. The van der Waals surface area contributed by atoms with Gasteiger partial charge in [-0.05, 0) is 31.2 Å². The lowest BCUT2D eigenvalue weighted by Crippen LogP contribution is -2.37. The first-order valence-electron chi connectivity index (χ1n) is 14.1. The van der Waals surface area contributed by atoms with Gasteiger partial charge < -0.3 is 38.2 Å². The Morgan fingerprint density at radius 3 is 1.52 bits per heavy atom. The highest BCUT2D eigenvalue weighted by molar-refractivity contribution is 9.09. The lowest BCUT2D eigenvalue weighted by atomic mass is 10.00. The number of rotatable bonds is 9. The molecule has 2 heterocycles. The van der Waals surface area contributed by atoms with Crippen molar-refractivity contribution < 1.29 is 59.6 Å². The molecule has 0 N–H and O–H groups in total. The summed E-state index contributed by atoms with van der Waals surface area (Å²) in [6, 6.07) is 4.91. The van der Waals surface area contributed by atoms with Crippen LogP contribution in [0.2, 0.25) is 0 Å². The second kappa shape index (κ2) is 15.9. The predicted molar refractivity (Wildman–Crippen MR) is 162 cm³/mol. The molecule has 2 saturated heterocycles. The topological polar surface area (TPSA) is 78.9 Å². The molecule has 0 radical (unpaired) electrons. The van der Waals surface area contributed by atoms with E-state index < -0.39 is 35.0 Å². The quantitative estimate of drug-likeness (QED) is 0.131. The molecule has 4 rings (SSSR count). The average Bonchev–Trinajstić information content (AvgIpc) is 3.06. The Labute approximate surface area is 271 Å². The molecule has 0 aromatic heterocycles. The number of alkyl halides is 7. The number of carbonyl (C=O) groups excluding carboxylic acids is 1. The van der Waals surface area contributed by atoms with Gasteiger partial charge in [0.25, 0.3) is 0 Å². The Kier molecular flexibility index (Phi) is 13.0. The molecule has 0 spiro atoms. The van der Waals surface area contributed by atoms with Crippen molar-refractivity contribution in [3.8, 4) is 11.5 Å². The number of nitrogens with zero attached hydrogens (tertiary/aromatic N) is 2. The maximum atomic E-state index is 13.6. The highest BCUT2D eigenvalue weighted by Gasteiger charge is 2.40. The van der Waals surface area contributed by atoms with Crippen LogP contribution in [-0.2, 0) is 37.1 Å². The van der Waals surface area contributed by atoms with Crippen LogP contribution in [0.25, 0.3) is 0 Å². The molecule has 0 aliphatic carbocycles. The Morgan fingerprint density at radius 2 is 1.15 bits per heavy atom. The summed E-state index contributed by atoms with van der Waals surface area (Å²) in [6.07, 6.45) is -9.17. The third-order valence-electron chi connectivity index (χ3n) is 7.61. The van der Waals surface area contributed by atoms with E-state index in [4.69, 9.17) is 28.4 Å². The summed E-state index contributed by atoms with van der Waals surface area (Å²) >= 11 is 2.99. The smallest absolute Gasteiger partial charge is 0.420 e. The van der Waals surface area contributed by atoms with Gasteiger partial charge in [0, 0.05) is 51.5 Å². The van der Waals surface area contributed by atoms with Crippen LogP contribution in [0.15, 0.2) is 24.3 Å². The van der Waals surface area contributed by atoms with Crippen LogP contribution in [0.5, 0.6) is 11.5 Å². The number of Topliss-reactive ketones (excluding diaryl/α,β-unsaturated/α-hetero) is 1. The molecular formula is C30H37BrF6N2O7. The fraction of sp³-hybridized carbons (Fsp3) is 0.567. The van der Waals surface area contributed by atoms with Crippen LogP contribution in [0.3, 0.4) is 0 Å². The van der Waals surface area contributed by atoms with Gasteiger partial charge in [-0.2, -0.15) is 26.3 Å². The van der Waals surface area contributed by atoms with E-state index in [2.05, 4.69) is 15.9 Å². The van der Waals surface area contributed by atoms with Gasteiger partial charge in [0.1, 0.15) is 11.1 Å². The van der Waals surface area contributed by atoms with Crippen molar-refractivity contribution in [2.75, 3.05) is 96.2 Å². The van der Waals surface area contributed by atoms with Crippen molar-refractivity contribution in [1.82, 2.24) is 0 Å². The number of ketones is 1. The Balaban J connectivity index is 0.000000251. The van der Waals surface area contributed by atoms with Crippen LogP contribution in [0, 0.1) is 0 Å². The van der Waals surface area contributed by atoms with Gasteiger partial charge in [-0.15, -0.1) is 0 Å². The van der Waals surface area contributed by atoms with E-state index in [0.29, 0.717) is 58.3 Å². The number of methoxy groups -OCH3 is 4. The van der Waals surface area contributed by atoms with Crippen molar-refractivity contribution in [3.05, 3.63) is 46.5 Å². The molecule has 2 aliphatic heterocycles. The van der Waals surface area contributed by atoms with Gasteiger partial charge in [-0.1, -0.05) is 15.9 Å². The Morgan fingerprint density at radius 1 is 0.739 bits per heavy atom. The molecular weight excluding hydrogens is 694 g/mol. The lowest BCUT2D eigenvalue weighted by molar-refractivity contribution is -0.202. The summed E-state index contributed by atoms with van der Waals surface area (Å²) in [6.45, 7) is 5.14. The van der Waals surface area contributed by atoms with Gasteiger partial charge in [0.2, 0.25) is 0 Å². The van der Waals surface area contributed by atoms with E-state index in [1.807, 2.05) is 4.90 Å². The molecule has 0 amide bonds.